The summed E-state index contributed by atoms with van der Waals surface area (Å²) in [6.07, 6.45) is 5.75. The van der Waals surface area contributed by atoms with Crippen molar-refractivity contribution in [3.63, 3.8) is 0 Å². The zero-order valence-electron chi connectivity index (χ0n) is 19.9. The van der Waals surface area contributed by atoms with Crippen LogP contribution in [0.2, 0.25) is 0 Å². The monoisotopic (exact) mass is 437 g/mol. The maximum absolute atomic E-state index is 12.8. The molecule has 1 aromatic heterocycles. The molecule has 0 aliphatic heterocycles. The van der Waals surface area contributed by atoms with Crippen LogP contribution in [0.25, 0.3) is 0 Å². The number of nitrogens with zero attached hydrogens (tertiary/aromatic N) is 3. The van der Waals surface area contributed by atoms with Crippen molar-refractivity contribution in [2.24, 2.45) is 10.4 Å². The Hall–Kier alpha value is -3.09. The van der Waals surface area contributed by atoms with E-state index >= 15 is 0 Å². The van der Waals surface area contributed by atoms with Gasteiger partial charge in [-0.1, -0.05) is 18.9 Å². The topological polar surface area (TPSA) is 78.9 Å². The summed E-state index contributed by atoms with van der Waals surface area (Å²) in [5.74, 6) is 2.20. The molecule has 3 rings (SSSR count). The maximum Gasteiger partial charge on any atom is 0.230 e. The molecule has 0 radical (unpaired) electrons. The van der Waals surface area contributed by atoms with E-state index in [9.17, 15) is 4.79 Å². The highest BCUT2D eigenvalue weighted by Crippen LogP contribution is 2.38. The van der Waals surface area contributed by atoms with Crippen LogP contribution >= 0.6 is 0 Å². The molecular formula is C25H35N5O2. The summed E-state index contributed by atoms with van der Waals surface area (Å²) < 4.78 is 5.94. The Balaban J connectivity index is 1.58. The summed E-state index contributed by atoms with van der Waals surface area (Å²) in [5.41, 5.74) is 3.10. The summed E-state index contributed by atoms with van der Waals surface area (Å²) in [5, 5.41) is 6.70. The number of carbonyl (C=O) groups is 1. The van der Waals surface area contributed by atoms with Gasteiger partial charge in [-0.3, -0.25) is 9.79 Å². The molecule has 0 unspecified atom stereocenters. The molecule has 0 saturated heterocycles. The van der Waals surface area contributed by atoms with Gasteiger partial charge >= 0.3 is 0 Å². The second-order valence-corrected chi connectivity index (χ2v) is 8.82. The second kappa shape index (κ2) is 10.5. The van der Waals surface area contributed by atoms with E-state index in [1.165, 1.54) is 11.1 Å². The zero-order valence-corrected chi connectivity index (χ0v) is 19.9. The summed E-state index contributed by atoms with van der Waals surface area (Å²) in [6, 6.07) is 9.88. The number of aryl methyl sites for hydroxylation is 2. The minimum atomic E-state index is -0.342. The molecule has 32 heavy (non-hydrogen) atoms. The van der Waals surface area contributed by atoms with Crippen LogP contribution in [-0.2, 0) is 11.3 Å². The van der Waals surface area contributed by atoms with E-state index < -0.39 is 0 Å². The van der Waals surface area contributed by atoms with Crippen molar-refractivity contribution in [1.29, 1.82) is 0 Å². The molecule has 1 amide bonds. The number of benzene rings is 1. The highest BCUT2D eigenvalue weighted by atomic mass is 16.5. The van der Waals surface area contributed by atoms with E-state index in [2.05, 4.69) is 34.5 Å². The first kappa shape index (κ1) is 23.6. The number of rotatable bonds is 7. The van der Waals surface area contributed by atoms with E-state index in [4.69, 9.17) is 4.74 Å². The number of guanidine groups is 1. The first-order valence-corrected chi connectivity index (χ1v) is 11.2. The molecule has 2 aromatic rings. The Kier molecular flexibility index (Phi) is 7.72. The smallest absolute Gasteiger partial charge is 0.230 e. The quantitative estimate of drug-likeness (QED) is 0.509. The molecular weight excluding hydrogens is 402 g/mol. The fourth-order valence-electron chi connectivity index (χ4n) is 4.17. The number of hydrogen-bond acceptors (Lipinski definition) is 4. The van der Waals surface area contributed by atoms with E-state index in [1.807, 2.05) is 44.4 Å². The number of carbonyl (C=O) groups excluding carboxylic acids is 1. The van der Waals surface area contributed by atoms with Gasteiger partial charge in [0.15, 0.2) is 5.96 Å². The average molecular weight is 438 g/mol. The van der Waals surface area contributed by atoms with Crippen LogP contribution < -0.4 is 15.4 Å². The number of amides is 1. The lowest BCUT2D eigenvalue weighted by atomic mass is 9.84. The van der Waals surface area contributed by atoms with Crippen molar-refractivity contribution < 1.29 is 9.53 Å². The molecule has 2 N–H and O–H groups in total. The number of hydrogen-bond donors (Lipinski definition) is 2. The Morgan fingerprint density at radius 2 is 1.88 bits per heavy atom. The van der Waals surface area contributed by atoms with E-state index in [0.717, 1.165) is 37.0 Å². The van der Waals surface area contributed by atoms with Gasteiger partial charge in [0.25, 0.3) is 0 Å². The van der Waals surface area contributed by atoms with Gasteiger partial charge in [-0.25, -0.2) is 4.98 Å². The number of ether oxygens (including phenoxy) is 1. The molecule has 0 spiro atoms. The highest BCUT2D eigenvalue weighted by Gasteiger charge is 2.42. The highest BCUT2D eigenvalue weighted by molar-refractivity contribution is 5.85. The van der Waals surface area contributed by atoms with E-state index in [1.54, 1.807) is 18.1 Å². The summed E-state index contributed by atoms with van der Waals surface area (Å²) in [7, 11) is 5.40. The molecule has 0 atom stereocenters. The molecule has 1 aliphatic rings. The van der Waals surface area contributed by atoms with Crippen LogP contribution in [0.4, 0.5) is 0 Å². The fraction of sp³-hybridized carbons (Fsp3) is 0.480. The van der Waals surface area contributed by atoms with Crippen molar-refractivity contribution >= 4 is 11.9 Å². The summed E-state index contributed by atoms with van der Waals surface area (Å²) in [4.78, 5) is 23.1. The summed E-state index contributed by atoms with van der Waals surface area (Å²) in [6.45, 7) is 5.30. The van der Waals surface area contributed by atoms with Gasteiger partial charge in [-0.2, -0.15) is 0 Å². The van der Waals surface area contributed by atoms with E-state index in [-0.39, 0.29) is 11.3 Å². The lowest BCUT2D eigenvalue weighted by molar-refractivity contribution is -0.138. The predicted molar refractivity (Wildman–Crippen MR) is 128 cm³/mol. The molecule has 7 heteroatoms. The summed E-state index contributed by atoms with van der Waals surface area (Å²) >= 11 is 0. The standard InChI is InChI=1S/C25H35N5O2/c1-18-8-9-21(14-19(18)2)32-22-15-20(10-13-27-22)16-28-24(26-3)29-17-25(11-6-7-12-25)23(31)30(4)5/h8-10,13-15H,6-7,11-12,16-17H2,1-5H3,(H2,26,28,29). The van der Waals surface area contributed by atoms with Crippen LogP contribution in [0.3, 0.4) is 0 Å². The number of aliphatic imine (C=N–C) groups is 1. The maximum atomic E-state index is 12.8. The second-order valence-electron chi connectivity index (χ2n) is 8.82. The lowest BCUT2D eigenvalue weighted by Gasteiger charge is -2.31. The van der Waals surface area contributed by atoms with Gasteiger partial charge in [0.1, 0.15) is 5.75 Å². The molecule has 1 aromatic carbocycles. The van der Waals surface area contributed by atoms with Crippen molar-refractivity contribution in [1.82, 2.24) is 20.5 Å². The van der Waals surface area contributed by atoms with Crippen molar-refractivity contribution in [3.05, 3.63) is 53.2 Å². The van der Waals surface area contributed by atoms with Crippen LogP contribution in [0.1, 0.15) is 42.4 Å². The minimum Gasteiger partial charge on any atom is -0.439 e. The molecule has 1 saturated carbocycles. The molecule has 172 valence electrons. The first-order valence-electron chi connectivity index (χ1n) is 11.2. The number of pyridine rings is 1. The number of nitrogens with one attached hydrogen (secondary N) is 2. The van der Waals surface area contributed by atoms with Crippen molar-refractivity contribution in [2.75, 3.05) is 27.7 Å². The van der Waals surface area contributed by atoms with Gasteiger partial charge in [-0.05, 0) is 61.6 Å². The van der Waals surface area contributed by atoms with Crippen LogP contribution in [0.15, 0.2) is 41.5 Å². The third kappa shape index (κ3) is 5.78. The zero-order chi connectivity index (χ0) is 23.1. The molecule has 1 fully saturated rings. The Morgan fingerprint density at radius 1 is 1.12 bits per heavy atom. The Morgan fingerprint density at radius 3 is 2.53 bits per heavy atom. The van der Waals surface area contributed by atoms with Gasteiger partial charge in [-0.15, -0.1) is 0 Å². The van der Waals surface area contributed by atoms with Crippen molar-refractivity contribution in [3.8, 4) is 11.6 Å². The SMILES string of the molecule is CN=C(NCc1ccnc(Oc2ccc(C)c(C)c2)c1)NCC1(C(=O)N(C)C)CCCC1. The lowest BCUT2D eigenvalue weighted by Crippen LogP contribution is -2.49. The van der Waals surface area contributed by atoms with Crippen LogP contribution in [0, 0.1) is 19.3 Å². The molecule has 0 bridgehead atoms. The Labute approximate surface area is 191 Å². The average Bonchev–Trinajstić information content (AvgIpc) is 3.26. The predicted octanol–water partition coefficient (Wildman–Crippen LogP) is 3.80. The molecule has 1 aliphatic carbocycles. The third-order valence-corrected chi connectivity index (χ3v) is 6.20. The van der Waals surface area contributed by atoms with Gasteiger partial charge in [0.05, 0.1) is 5.41 Å². The van der Waals surface area contributed by atoms with Gasteiger partial charge in [0, 0.05) is 46.5 Å². The molecule has 1 heterocycles. The Bertz CT molecular complexity index is 965. The van der Waals surface area contributed by atoms with Crippen molar-refractivity contribution in [2.45, 2.75) is 46.1 Å². The first-order chi connectivity index (χ1) is 15.3. The largest absolute Gasteiger partial charge is 0.439 e. The normalized spacial score (nSPS) is 15.3. The van der Waals surface area contributed by atoms with Crippen LogP contribution in [0.5, 0.6) is 11.6 Å². The van der Waals surface area contributed by atoms with Gasteiger partial charge < -0.3 is 20.3 Å². The minimum absolute atomic E-state index is 0.195. The molecule has 7 nitrogen and oxygen atoms in total. The third-order valence-electron chi connectivity index (χ3n) is 6.20. The number of aromatic nitrogens is 1. The van der Waals surface area contributed by atoms with Crippen LogP contribution in [-0.4, -0.2) is 49.4 Å². The fourth-order valence-corrected chi connectivity index (χ4v) is 4.17. The van der Waals surface area contributed by atoms with Gasteiger partial charge in [0.2, 0.25) is 11.8 Å². The van der Waals surface area contributed by atoms with E-state index in [0.29, 0.717) is 24.9 Å².